The van der Waals surface area contributed by atoms with Gasteiger partial charge in [0.2, 0.25) is 0 Å². The SMILES string of the molecule is CC.CC(C)C[C@@H](N)C(O)(c1ccccc1)c1ccccc1. The highest BCUT2D eigenvalue weighted by molar-refractivity contribution is 5.37. The summed E-state index contributed by atoms with van der Waals surface area (Å²) in [4.78, 5) is 0. The Kier molecular flexibility index (Phi) is 7.30. The van der Waals surface area contributed by atoms with Gasteiger partial charge in [0.15, 0.2) is 0 Å². The fourth-order valence-corrected chi connectivity index (χ4v) is 2.66. The van der Waals surface area contributed by atoms with Crippen molar-refractivity contribution < 1.29 is 5.11 Å². The van der Waals surface area contributed by atoms with E-state index in [4.69, 9.17) is 5.73 Å². The van der Waals surface area contributed by atoms with Gasteiger partial charge in [0.1, 0.15) is 5.60 Å². The highest BCUT2D eigenvalue weighted by Gasteiger charge is 2.38. The van der Waals surface area contributed by atoms with Gasteiger partial charge in [0, 0.05) is 6.04 Å². The van der Waals surface area contributed by atoms with Crippen molar-refractivity contribution in [3.05, 3.63) is 71.8 Å². The maximum Gasteiger partial charge on any atom is 0.130 e. The summed E-state index contributed by atoms with van der Waals surface area (Å²) in [7, 11) is 0. The molecule has 2 nitrogen and oxygen atoms in total. The number of hydrogen-bond acceptors (Lipinski definition) is 2. The normalized spacial score (nSPS) is 12.5. The molecule has 0 aliphatic carbocycles. The molecule has 0 aliphatic rings. The number of nitrogens with two attached hydrogens (primary N) is 1. The van der Waals surface area contributed by atoms with E-state index in [-0.39, 0.29) is 6.04 Å². The van der Waals surface area contributed by atoms with Crippen molar-refractivity contribution in [2.75, 3.05) is 0 Å². The molecule has 2 heteroatoms. The first-order chi connectivity index (χ1) is 10.5. The fraction of sp³-hybridized carbons (Fsp3) is 0.400. The number of benzene rings is 2. The molecular weight excluding hydrogens is 270 g/mol. The summed E-state index contributed by atoms with van der Waals surface area (Å²) in [5, 5.41) is 11.3. The zero-order chi connectivity index (χ0) is 16.6. The molecule has 22 heavy (non-hydrogen) atoms. The molecule has 0 bridgehead atoms. The molecule has 0 aromatic heterocycles. The quantitative estimate of drug-likeness (QED) is 0.863. The van der Waals surface area contributed by atoms with E-state index in [1.54, 1.807) is 0 Å². The van der Waals surface area contributed by atoms with Gasteiger partial charge in [-0.15, -0.1) is 0 Å². The molecule has 0 fully saturated rings. The molecule has 0 spiro atoms. The predicted octanol–water partition coefficient (Wildman–Crippen LogP) is 4.32. The average molecular weight is 299 g/mol. The minimum absolute atomic E-state index is 0.340. The van der Waals surface area contributed by atoms with Gasteiger partial charge in [0.25, 0.3) is 0 Å². The summed E-state index contributed by atoms with van der Waals surface area (Å²) in [6.45, 7) is 8.24. The van der Waals surface area contributed by atoms with Crippen LogP contribution >= 0.6 is 0 Å². The molecule has 0 saturated carbocycles. The maximum atomic E-state index is 11.3. The summed E-state index contributed by atoms with van der Waals surface area (Å²) in [6.07, 6.45) is 0.764. The topological polar surface area (TPSA) is 46.2 Å². The first-order valence-electron chi connectivity index (χ1n) is 8.14. The second-order valence-electron chi connectivity index (χ2n) is 5.73. The molecule has 2 aromatic rings. The molecule has 0 amide bonds. The Morgan fingerprint density at radius 1 is 0.864 bits per heavy atom. The Bertz CT molecular complexity index is 482. The van der Waals surface area contributed by atoms with Crippen molar-refractivity contribution in [1.29, 1.82) is 0 Å². The van der Waals surface area contributed by atoms with E-state index < -0.39 is 5.60 Å². The number of aliphatic hydroxyl groups is 1. The third kappa shape index (κ3) is 4.19. The third-order valence-corrected chi connectivity index (χ3v) is 3.69. The Labute approximate surface area is 135 Å². The van der Waals surface area contributed by atoms with Crippen LogP contribution in [-0.2, 0) is 5.60 Å². The van der Waals surface area contributed by atoms with Crippen LogP contribution in [0.25, 0.3) is 0 Å². The van der Waals surface area contributed by atoms with Gasteiger partial charge in [-0.2, -0.15) is 0 Å². The van der Waals surface area contributed by atoms with Crippen LogP contribution in [0.1, 0.15) is 45.2 Å². The van der Waals surface area contributed by atoms with Gasteiger partial charge in [0.05, 0.1) is 0 Å². The summed E-state index contributed by atoms with van der Waals surface area (Å²) in [5.41, 5.74) is 6.91. The monoisotopic (exact) mass is 299 g/mol. The second kappa shape index (κ2) is 8.72. The van der Waals surface area contributed by atoms with Crippen LogP contribution in [0.15, 0.2) is 60.7 Å². The molecule has 0 radical (unpaired) electrons. The number of rotatable bonds is 5. The van der Waals surface area contributed by atoms with Crippen molar-refractivity contribution in [3.63, 3.8) is 0 Å². The average Bonchev–Trinajstić information content (AvgIpc) is 2.57. The highest BCUT2D eigenvalue weighted by Crippen LogP contribution is 2.34. The van der Waals surface area contributed by atoms with E-state index in [2.05, 4.69) is 13.8 Å². The fourth-order valence-electron chi connectivity index (χ4n) is 2.66. The van der Waals surface area contributed by atoms with E-state index in [0.717, 1.165) is 17.5 Å². The van der Waals surface area contributed by atoms with Crippen molar-refractivity contribution >= 4 is 0 Å². The molecule has 0 unspecified atom stereocenters. The third-order valence-electron chi connectivity index (χ3n) is 3.69. The van der Waals surface area contributed by atoms with Crippen LogP contribution in [-0.4, -0.2) is 11.1 Å². The minimum Gasteiger partial charge on any atom is -0.379 e. The predicted molar refractivity (Wildman–Crippen MR) is 94.7 cm³/mol. The van der Waals surface area contributed by atoms with Gasteiger partial charge in [-0.1, -0.05) is 88.4 Å². The molecule has 2 rings (SSSR count). The van der Waals surface area contributed by atoms with Gasteiger partial charge >= 0.3 is 0 Å². The van der Waals surface area contributed by atoms with Gasteiger partial charge in [-0.3, -0.25) is 0 Å². The Morgan fingerprint density at radius 3 is 1.55 bits per heavy atom. The van der Waals surface area contributed by atoms with Gasteiger partial charge < -0.3 is 10.8 Å². The van der Waals surface area contributed by atoms with E-state index in [1.165, 1.54) is 0 Å². The lowest BCUT2D eigenvalue weighted by Crippen LogP contribution is -2.47. The molecular formula is C20H29NO. The molecule has 3 N–H and O–H groups in total. The van der Waals surface area contributed by atoms with Crippen LogP contribution in [0.4, 0.5) is 0 Å². The smallest absolute Gasteiger partial charge is 0.130 e. The molecule has 0 heterocycles. The van der Waals surface area contributed by atoms with Gasteiger partial charge in [-0.05, 0) is 23.5 Å². The van der Waals surface area contributed by atoms with E-state index in [1.807, 2.05) is 74.5 Å². The molecule has 120 valence electrons. The van der Waals surface area contributed by atoms with Crippen LogP contribution in [0.3, 0.4) is 0 Å². The lowest BCUT2D eigenvalue weighted by atomic mass is 9.78. The lowest BCUT2D eigenvalue weighted by molar-refractivity contribution is 0.0442. The Hall–Kier alpha value is -1.64. The zero-order valence-electron chi connectivity index (χ0n) is 14.2. The standard InChI is InChI=1S/C18H23NO.C2H6/c1-14(2)13-17(19)18(20,15-9-5-3-6-10-15)16-11-7-4-8-12-16;1-2/h3-12,14,17,20H,13,19H2,1-2H3;1-2H3/t17-;/m1./s1. The van der Waals surface area contributed by atoms with E-state index in [0.29, 0.717) is 5.92 Å². The van der Waals surface area contributed by atoms with Crippen LogP contribution in [0.5, 0.6) is 0 Å². The first-order valence-corrected chi connectivity index (χ1v) is 8.14. The zero-order valence-corrected chi connectivity index (χ0v) is 14.2. The number of hydrogen-bond donors (Lipinski definition) is 2. The highest BCUT2D eigenvalue weighted by atomic mass is 16.3. The summed E-state index contributed by atoms with van der Waals surface area (Å²) in [6, 6.07) is 19.0. The summed E-state index contributed by atoms with van der Waals surface area (Å²) in [5.74, 6) is 0.434. The van der Waals surface area contributed by atoms with Crippen molar-refractivity contribution in [1.82, 2.24) is 0 Å². The summed E-state index contributed by atoms with van der Waals surface area (Å²) >= 11 is 0. The Balaban J connectivity index is 0.00000116. The van der Waals surface area contributed by atoms with Gasteiger partial charge in [-0.25, -0.2) is 0 Å². The van der Waals surface area contributed by atoms with Crippen LogP contribution in [0, 0.1) is 5.92 Å². The molecule has 0 aliphatic heterocycles. The molecule has 1 atom stereocenters. The molecule has 2 aromatic carbocycles. The van der Waals surface area contributed by atoms with Crippen molar-refractivity contribution in [2.45, 2.75) is 45.8 Å². The lowest BCUT2D eigenvalue weighted by Gasteiger charge is -2.36. The Morgan fingerprint density at radius 2 is 1.23 bits per heavy atom. The minimum atomic E-state index is -1.15. The first kappa shape index (κ1) is 18.4. The van der Waals surface area contributed by atoms with Crippen molar-refractivity contribution in [2.24, 2.45) is 11.7 Å². The van der Waals surface area contributed by atoms with Crippen molar-refractivity contribution in [3.8, 4) is 0 Å². The molecule has 0 saturated heterocycles. The van der Waals surface area contributed by atoms with E-state index >= 15 is 0 Å². The maximum absolute atomic E-state index is 11.3. The largest absolute Gasteiger partial charge is 0.379 e. The van der Waals surface area contributed by atoms with E-state index in [9.17, 15) is 5.11 Å². The summed E-state index contributed by atoms with van der Waals surface area (Å²) < 4.78 is 0. The van der Waals surface area contributed by atoms with Crippen LogP contribution in [0.2, 0.25) is 0 Å². The van der Waals surface area contributed by atoms with Crippen LogP contribution < -0.4 is 5.73 Å². The second-order valence-corrected chi connectivity index (χ2v) is 5.73.